The van der Waals surface area contributed by atoms with Crippen LogP contribution in [0.5, 0.6) is 0 Å². The van der Waals surface area contributed by atoms with E-state index in [0.717, 1.165) is 16.7 Å². The average molecular weight is 433 g/mol. The number of esters is 1. The minimum Gasteiger partial charge on any atom is -0.457 e. The first-order chi connectivity index (χ1) is 15.0. The highest BCUT2D eigenvalue weighted by Crippen LogP contribution is 2.47. The van der Waals surface area contributed by atoms with E-state index in [2.05, 4.69) is 22.2 Å². The molecule has 2 aromatic carbocycles. The van der Waals surface area contributed by atoms with E-state index in [4.69, 9.17) is 22.7 Å². The van der Waals surface area contributed by atoms with Crippen molar-refractivity contribution in [3.63, 3.8) is 0 Å². The number of hydrogen-bond acceptors (Lipinski definition) is 6. The Kier molecular flexibility index (Phi) is 5.86. The van der Waals surface area contributed by atoms with E-state index >= 15 is 0 Å². The molecule has 0 aliphatic carbocycles. The number of anilines is 2. The standard InChI is InChI=1S/C24H24N4O2S/c1-14(17-11-7-4-8-12-17)18-19(23(29)30-13-16-9-5-3-6-10-16)15(2)26-22-20(18)21(25)27-24(31)28-22/h3-12,14,18H,13H2,1-2H3,(H4,25,26,27,28,31). The van der Waals surface area contributed by atoms with Gasteiger partial charge in [0.1, 0.15) is 18.2 Å². The Morgan fingerprint density at radius 1 is 1.16 bits per heavy atom. The fourth-order valence-corrected chi connectivity index (χ4v) is 4.26. The Morgan fingerprint density at radius 2 is 1.81 bits per heavy atom. The lowest BCUT2D eigenvalue weighted by molar-refractivity contribution is -0.140. The van der Waals surface area contributed by atoms with Crippen LogP contribution >= 0.6 is 12.2 Å². The van der Waals surface area contributed by atoms with E-state index in [1.165, 1.54) is 0 Å². The van der Waals surface area contributed by atoms with Gasteiger partial charge in [0.05, 0.1) is 5.57 Å². The minimum atomic E-state index is -0.380. The van der Waals surface area contributed by atoms with Crippen molar-refractivity contribution in [2.45, 2.75) is 32.3 Å². The lowest BCUT2D eigenvalue weighted by atomic mass is 9.76. The second-order valence-electron chi connectivity index (χ2n) is 7.62. The number of aromatic nitrogens is 2. The van der Waals surface area contributed by atoms with E-state index in [9.17, 15) is 4.79 Å². The van der Waals surface area contributed by atoms with Gasteiger partial charge in [-0.1, -0.05) is 67.6 Å². The van der Waals surface area contributed by atoms with Crippen LogP contribution in [0.15, 0.2) is 71.9 Å². The molecular formula is C24H24N4O2S. The zero-order valence-corrected chi connectivity index (χ0v) is 18.2. The summed E-state index contributed by atoms with van der Waals surface area (Å²) in [5, 5.41) is 3.21. The maximum atomic E-state index is 13.3. The summed E-state index contributed by atoms with van der Waals surface area (Å²) in [5.41, 5.74) is 10.3. The summed E-state index contributed by atoms with van der Waals surface area (Å²) < 4.78 is 5.99. The fraction of sp³-hybridized carbons (Fsp3) is 0.208. The summed E-state index contributed by atoms with van der Waals surface area (Å²) in [6.07, 6.45) is 0. The lowest BCUT2D eigenvalue weighted by Gasteiger charge is -2.33. The van der Waals surface area contributed by atoms with E-state index in [1.807, 2.05) is 67.6 Å². The molecule has 158 valence electrons. The van der Waals surface area contributed by atoms with Crippen LogP contribution in [0.3, 0.4) is 0 Å². The van der Waals surface area contributed by atoms with E-state index in [0.29, 0.717) is 22.9 Å². The topological polar surface area (TPSA) is 93.0 Å². The van der Waals surface area contributed by atoms with Gasteiger partial charge < -0.3 is 20.8 Å². The van der Waals surface area contributed by atoms with E-state index < -0.39 is 0 Å². The summed E-state index contributed by atoms with van der Waals surface area (Å²) >= 11 is 5.20. The predicted molar refractivity (Wildman–Crippen MR) is 124 cm³/mol. The molecule has 1 aliphatic rings. The molecule has 0 amide bonds. The highest BCUT2D eigenvalue weighted by Gasteiger charge is 2.38. The summed E-state index contributed by atoms with van der Waals surface area (Å²) in [6, 6.07) is 19.6. The summed E-state index contributed by atoms with van der Waals surface area (Å²) in [4.78, 5) is 20.7. The number of H-pyrrole nitrogens is 1. The molecule has 1 aromatic heterocycles. The monoisotopic (exact) mass is 432 g/mol. The molecule has 31 heavy (non-hydrogen) atoms. The number of fused-ring (bicyclic) bond motifs is 1. The van der Waals surface area contributed by atoms with Crippen molar-refractivity contribution in [3.8, 4) is 0 Å². The minimum absolute atomic E-state index is 0.0512. The third-order valence-corrected chi connectivity index (χ3v) is 5.78. The molecule has 0 bridgehead atoms. The Balaban J connectivity index is 1.76. The second kappa shape index (κ2) is 8.73. The molecule has 0 fully saturated rings. The Labute approximate surface area is 186 Å². The van der Waals surface area contributed by atoms with Crippen molar-refractivity contribution >= 4 is 29.8 Å². The number of carbonyl (C=O) groups is 1. The Bertz CT molecular complexity index is 1190. The third-order valence-electron chi connectivity index (χ3n) is 5.59. The van der Waals surface area contributed by atoms with Gasteiger partial charge in [-0.05, 0) is 36.2 Å². The number of nitrogens with two attached hydrogens (primary N) is 1. The predicted octanol–water partition coefficient (Wildman–Crippen LogP) is 5.05. The zero-order valence-electron chi connectivity index (χ0n) is 17.4. The van der Waals surface area contributed by atoms with Gasteiger partial charge in [0.2, 0.25) is 0 Å². The van der Waals surface area contributed by atoms with Crippen molar-refractivity contribution in [2.24, 2.45) is 0 Å². The SMILES string of the molecule is CC1=C(C(=O)OCc2ccccc2)C(C(C)c2ccccc2)c2c(nc(=S)[nH]c2N)N1. The molecule has 0 saturated carbocycles. The van der Waals surface area contributed by atoms with Crippen molar-refractivity contribution in [1.82, 2.24) is 9.97 Å². The van der Waals surface area contributed by atoms with Gasteiger partial charge in [0.15, 0.2) is 4.77 Å². The number of carbonyl (C=O) groups excluding carboxylic acids is 1. The molecule has 7 heteroatoms. The largest absolute Gasteiger partial charge is 0.457 e. The van der Waals surface area contributed by atoms with Crippen LogP contribution in [-0.2, 0) is 16.1 Å². The first-order valence-corrected chi connectivity index (χ1v) is 10.5. The highest BCUT2D eigenvalue weighted by atomic mass is 32.1. The number of hydrogen-bond donors (Lipinski definition) is 3. The molecule has 2 heterocycles. The number of benzene rings is 2. The molecular weight excluding hydrogens is 408 g/mol. The number of rotatable bonds is 5. The van der Waals surface area contributed by atoms with Gasteiger partial charge in [0.25, 0.3) is 0 Å². The summed E-state index contributed by atoms with van der Waals surface area (Å²) in [5.74, 6) is 0.197. The number of nitrogen functional groups attached to an aromatic ring is 1. The van der Waals surface area contributed by atoms with Gasteiger partial charge >= 0.3 is 5.97 Å². The van der Waals surface area contributed by atoms with Crippen LogP contribution in [0.25, 0.3) is 0 Å². The fourth-order valence-electron chi connectivity index (χ4n) is 4.06. The van der Waals surface area contributed by atoms with Crippen molar-refractivity contribution in [2.75, 3.05) is 11.1 Å². The maximum Gasteiger partial charge on any atom is 0.336 e. The van der Waals surface area contributed by atoms with Crippen molar-refractivity contribution in [1.29, 1.82) is 0 Å². The summed E-state index contributed by atoms with van der Waals surface area (Å²) in [6.45, 7) is 4.12. The highest BCUT2D eigenvalue weighted by molar-refractivity contribution is 7.71. The Hall–Kier alpha value is -3.45. The molecule has 4 N–H and O–H groups in total. The van der Waals surface area contributed by atoms with Crippen LogP contribution in [0.1, 0.15) is 42.4 Å². The van der Waals surface area contributed by atoms with Crippen LogP contribution in [0, 0.1) is 4.77 Å². The number of nitrogens with one attached hydrogen (secondary N) is 2. The quantitative estimate of drug-likeness (QED) is 0.386. The third kappa shape index (κ3) is 4.22. The van der Waals surface area contributed by atoms with Crippen LogP contribution < -0.4 is 11.1 Å². The summed E-state index contributed by atoms with van der Waals surface area (Å²) in [7, 11) is 0. The van der Waals surface area contributed by atoms with Crippen LogP contribution in [-0.4, -0.2) is 15.9 Å². The lowest BCUT2D eigenvalue weighted by Crippen LogP contribution is -2.28. The van der Waals surface area contributed by atoms with E-state index in [1.54, 1.807) is 0 Å². The molecule has 0 spiro atoms. The molecule has 0 radical (unpaired) electrons. The Morgan fingerprint density at radius 3 is 2.48 bits per heavy atom. The maximum absolute atomic E-state index is 13.3. The molecule has 4 rings (SSSR count). The number of ether oxygens (including phenoxy) is 1. The van der Waals surface area contributed by atoms with Gasteiger partial charge in [-0.2, -0.15) is 0 Å². The normalized spacial score (nSPS) is 16.3. The van der Waals surface area contributed by atoms with Gasteiger partial charge in [-0.25, -0.2) is 9.78 Å². The first-order valence-electron chi connectivity index (χ1n) is 10.1. The van der Waals surface area contributed by atoms with Gasteiger partial charge in [-0.3, -0.25) is 0 Å². The molecule has 0 saturated heterocycles. The molecule has 1 aliphatic heterocycles. The molecule has 3 aromatic rings. The van der Waals surface area contributed by atoms with Gasteiger partial charge in [-0.15, -0.1) is 0 Å². The smallest absolute Gasteiger partial charge is 0.336 e. The molecule has 2 atom stereocenters. The van der Waals surface area contributed by atoms with Gasteiger partial charge in [0, 0.05) is 17.2 Å². The van der Waals surface area contributed by atoms with Crippen molar-refractivity contribution < 1.29 is 9.53 Å². The van der Waals surface area contributed by atoms with Crippen LogP contribution in [0.4, 0.5) is 11.6 Å². The second-order valence-corrected chi connectivity index (χ2v) is 8.01. The first kappa shape index (κ1) is 20.8. The number of nitrogens with zero attached hydrogens (tertiary/aromatic N) is 1. The molecule has 6 nitrogen and oxygen atoms in total. The number of allylic oxidation sites excluding steroid dienone is 1. The van der Waals surface area contributed by atoms with Crippen molar-refractivity contribution in [3.05, 3.63) is 93.4 Å². The zero-order chi connectivity index (χ0) is 22.0. The number of aromatic amines is 1. The molecule has 2 unspecified atom stereocenters. The van der Waals surface area contributed by atoms with E-state index in [-0.39, 0.29) is 29.2 Å². The van der Waals surface area contributed by atoms with Crippen LogP contribution in [0.2, 0.25) is 0 Å². The average Bonchev–Trinajstić information content (AvgIpc) is 2.77.